The van der Waals surface area contributed by atoms with Crippen LogP contribution in [0.3, 0.4) is 0 Å². The van der Waals surface area contributed by atoms with Crippen molar-refractivity contribution in [2.75, 3.05) is 0 Å². The molecule has 9 rings (SSSR count). The molecule has 44 heavy (non-hydrogen) atoms. The molecule has 0 saturated heterocycles. The van der Waals surface area contributed by atoms with Crippen LogP contribution in [0, 0.1) is 0 Å². The van der Waals surface area contributed by atoms with Gasteiger partial charge in [0, 0.05) is 27.2 Å². The van der Waals surface area contributed by atoms with Gasteiger partial charge in [-0.2, -0.15) is 0 Å². The number of rotatable bonds is 3. The van der Waals surface area contributed by atoms with Crippen LogP contribution >= 0.6 is 11.6 Å². The SMILES string of the molecule is CCC1(C)c2cc(Cl)ccc2B2c3ccc(-c4ccc(-n5c6c(c7ccccc75)CCCC6)cc4)cc3Oc3cccc1c32. The fraction of sp³-hybridized carbons (Fsp3) is 0.200. The average Bonchev–Trinajstić information content (AvgIpc) is 3.41. The lowest BCUT2D eigenvalue weighted by Gasteiger charge is -2.43. The highest BCUT2D eigenvalue weighted by atomic mass is 35.5. The van der Waals surface area contributed by atoms with Gasteiger partial charge in [-0.3, -0.25) is 0 Å². The van der Waals surface area contributed by atoms with Crippen LogP contribution in [0.5, 0.6) is 11.5 Å². The predicted molar refractivity (Wildman–Crippen MR) is 185 cm³/mol. The van der Waals surface area contributed by atoms with Crippen LogP contribution in [0.4, 0.5) is 0 Å². The normalized spacial score (nSPS) is 17.8. The Hall–Kier alpha value is -4.21. The molecule has 1 aliphatic carbocycles. The molecule has 3 heterocycles. The highest BCUT2D eigenvalue weighted by Crippen LogP contribution is 2.42. The molecule has 5 aromatic carbocycles. The fourth-order valence-corrected chi connectivity index (χ4v) is 8.60. The van der Waals surface area contributed by atoms with E-state index in [4.69, 9.17) is 16.3 Å². The zero-order chi connectivity index (χ0) is 29.6. The van der Waals surface area contributed by atoms with Gasteiger partial charge in [-0.1, -0.05) is 91.6 Å². The van der Waals surface area contributed by atoms with E-state index in [-0.39, 0.29) is 12.1 Å². The maximum Gasteiger partial charge on any atom is 0.251 e. The van der Waals surface area contributed by atoms with Crippen LogP contribution in [-0.4, -0.2) is 11.3 Å². The lowest BCUT2D eigenvalue weighted by molar-refractivity contribution is 0.482. The highest BCUT2D eigenvalue weighted by molar-refractivity contribution is 6.98. The first-order chi connectivity index (χ1) is 21.5. The van der Waals surface area contributed by atoms with Crippen molar-refractivity contribution in [3.05, 3.63) is 131 Å². The maximum atomic E-state index is 6.73. The molecule has 0 N–H and O–H groups in total. The van der Waals surface area contributed by atoms with Crippen molar-refractivity contribution in [3.63, 3.8) is 0 Å². The molecule has 6 aromatic rings. The smallest absolute Gasteiger partial charge is 0.251 e. The number of benzene rings is 5. The largest absolute Gasteiger partial charge is 0.458 e. The minimum atomic E-state index is -0.116. The molecule has 0 spiro atoms. The second-order valence-electron chi connectivity index (χ2n) is 13.0. The van der Waals surface area contributed by atoms with E-state index in [1.165, 1.54) is 85.8 Å². The Morgan fingerprint density at radius 1 is 0.773 bits per heavy atom. The van der Waals surface area contributed by atoms with Crippen molar-refractivity contribution in [3.8, 4) is 28.3 Å². The van der Waals surface area contributed by atoms with E-state index in [0.717, 1.165) is 29.4 Å². The van der Waals surface area contributed by atoms with E-state index in [1.54, 1.807) is 0 Å². The number of hydrogen-bond acceptors (Lipinski definition) is 1. The molecule has 1 aromatic heterocycles. The van der Waals surface area contributed by atoms with Gasteiger partial charge in [0.15, 0.2) is 0 Å². The minimum Gasteiger partial charge on any atom is -0.458 e. The Morgan fingerprint density at radius 2 is 1.57 bits per heavy atom. The van der Waals surface area contributed by atoms with Crippen LogP contribution in [0.15, 0.2) is 103 Å². The number of aromatic nitrogens is 1. The Morgan fingerprint density at radius 3 is 2.43 bits per heavy atom. The van der Waals surface area contributed by atoms with Crippen LogP contribution in [0.1, 0.15) is 55.5 Å². The van der Waals surface area contributed by atoms with Gasteiger partial charge in [-0.05, 0) is 113 Å². The minimum absolute atomic E-state index is 0.116. The fourth-order valence-electron chi connectivity index (χ4n) is 8.43. The van der Waals surface area contributed by atoms with Gasteiger partial charge in [0.05, 0.1) is 5.52 Å². The molecule has 0 fully saturated rings. The molecule has 1 unspecified atom stereocenters. The second-order valence-corrected chi connectivity index (χ2v) is 13.4. The van der Waals surface area contributed by atoms with Gasteiger partial charge >= 0.3 is 0 Å². The number of fused-ring (bicyclic) bond motifs is 7. The third kappa shape index (κ3) is 3.63. The maximum absolute atomic E-state index is 6.73. The number of ether oxygens (including phenoxy) is 1. The molecule has 1 atom stereocenters. The van der Waals surface area contributed by atoms with E-state index in [0.29, 0.717) is 0 Å². The first kappa shape index (κ1) is 26.2. The molecule has 0 amide bonds. The highest BCUT2D eigenvalue weighted by Gasteiger charge is 2.46. The van der Waals surface area contributed by atoms with Crippen molar-refractivity contribution in [1.82, 2.24) is 4.57 Å². The topological polar surface area (TPSA) is 14.2 Å². The van der Waals surface area contributed by atoms with E-state index in [9.17, 15) is 0 Å². The Labute approximate surface area is 264 Å². The van der Waals surface area contributed by atoms with E-state index in [2.05, 4.69) is 115 Å². The summed E-state index contributed by atoms with van der Waals surface area (Å²) < 4.78 is 9.22. The van der Waals surface area contributed by atoms with Crippen molar-refractivity contribution in [2.24, 2.45) is 0 Å². The molecular formula is C40H33BClNO. The molecule has 4 heteroatoms. The van der Waals surface area contributed by atoms with Crippen molar-refractivity contribution >= 4 is 45.6 Å². The van der Waals surface area contributed by atoms with Gasteiger partial charge in [-0.25, -0.2) is 0 Å². The quantitative estimate of drug-likeness (QED) is 0.189. The van der Waals surface area contributed by atoms with Crippen molar-refractivity contribution < 1.29 is 4.74 Å². The lowest BCUT2D eigenvalue weighted by atomic mass is 9.30. The zero-order valence-electron chi connectivity index (χ0n) is 25.2. The molecule has 2 nitrogen and oxygen atoms in total. The van der Waals surface area contributed by atoms with Gasteiger partial charge in [0.2, 0.25) is 0 Å². The molecule has 214 valence electrons. The van der Waals surface area contributed by atoms with Crippen molar-refractivity contribution in [1.29, 1.82) is 0 Å². The summed E-state index contributed by atoms with van der Waals surface area (Å²) in [6.07, 6.45) is 5.86. The predicted octanol–water partition coefficient (Wildman–Crippen LogP) is 8.48. The molecule has 0 radical (unpaired) electrons. The Bertz CT molecular complexity index is 2120. The summed E-state index contributed by atoms with van der Waals surface area (Å²) in [5, 5.41) is 2.20. The summed E-state index contributed by atoms with van der Waals surface area (Å²) >= 11 is 6.59. The van der Waals surface area contributed by atoms with Crippen molar-refractivity contribution in [2.45, 2.75) is 51.4 Å². The summed E-state index contributed by atoms with van der Waals surface area (Å²) in [6, 6.07) is 37.8. The third-order valence-electron chi connectivity index (χ3n) is 10.8. The summed E-state index contributed by atoms with van der Waals surface area (Å²) in [5.74, 6) is 1.91. The van der Waals surface area contributed by atoms with E-state index < -0.39 is 0 Å². The van der Waals surface area contributed by atoms with Crippen LogP contribution in [0.2, 0.25) is 5.02 Å². The van der Waals surface area contributed by atoms with Crippen LogP contribution in [-0.2, 0) is 18.3 Å². The van der Waals surface area contributed by atoms with E-state index in [1.807, 2.05) is 6.07 Å². The summed E-state index contributed by atoms with van der Waals surface area (Å²) in [4.78, 5) is 0. The molecular weight excluding hydrogens is 557 g/mol. The molecule has 3 aliphatic rings. The number of halogens is 1. The summed E-state index contributed by atoms with van der Waals surface area (Å²) in [7, 11) is 0. The van der Waals surface area contributed by atoms with Crippen LogP contribution in [0.25, 0.3) is 27.7 Å². The average molecular weight is 590 g/mol. The number of nitrogens with zero attached hydrogens (tertiary/aromatic N) is 1. The zero-order valence-corrected chi connectivity index (χ0v) is 25.9. The molecule has 0 saturated carbocycles. The number of aryl methyl sites for hydroxylation is 1. The number of hydrogen-bond donors (Lipinski definition) is 0. The van der Waals surface area contributed by atoms with E-state index >= 15 is 0 Å². The monoisotopic (exact) mass is 589 g/mol. The Balaban J connectivity index is 1.14. The molecule has 2 aliphatic heterocycles. The van der Waals surface area contributed by atoms with Gasteiger partial charge in [-0.15, -0.1) is 0 Å². The Kier molecular flexibility index (Phi) is 5.75. The summed E-state index contributed by atoms with van der Waals surface area (Å²) in [5.41, 5.74) is 14.4. The second kappa shape index (κ2) is 9.65. The standard InChI is InChI=1S/C40H33BClNO/c1-3-40(2)31-11-8-14-37-39(31)41(33-22-18-27(42)24-32(33)40)34-21-17-26(23-38(34)44-37)25-15-19-28(20-16-25)43-35-12-6-4-9-29(35)30-10-5-7-13-36(30)43/h4,6,8-9,11-12,14-24H,3,5,7,10,13H2,1-2H3. The first-order valence-corrected chi connectivity index (χ1v) is 16.4. The number of para-hydroxylation sites is 1. The van der Waals surface area contributed by atoms with Crippen LogP contribution < -0.4 is 21.1 Å². The molecule has 0 bridgehead atoms. The summed E-state index contributed by atoms with van der Waals surface area (Å²) in [6.45, 7) is 4.75. The van der Waals surface area contributed by atoms with Gasteiger partial charge in [0.25, 0.3) is 6.71 Å². The first-order valence-electron chi connectivity index (χ1n) is 16.0. The third-order valence-corrected chi connectivity index (χ3v) is 11.0. The van der Waals surface area contributed by atoms with Gasteiger partial charge < -0.3 is 9.30 Å². The lowest BCUT2D eigenvalue weighted by Crippen LogP contribution is -2.62. The van der Waals surface area contributed by atoms with Gasteiger partial charge in [0.1, 0.15) is 11.5 Å².